The van der Waals surface area contributed by atoms with Gasteiger partial charge < -0.3 is 10.1 Å². The van der Waals surface area contributed by atoms with Crippen LogP contribution in [0.2, 0.25) is 0 Å². The number of nitriles is 2. The lowest BCUT2D eigenvalue weighted by molar-refractivity contribution is 0.0656. The zero-order valence-corrected chi connectivity index (χ0v) is 14.2. The molecule has 0 unspecified atom stereocenters. The summed E-state index contributed by atoms with van der Waals surface area (Å²) in [6, 6.07) is 13.0. The van der Waals surface area contributed by atoms with Crippen LogP contribution in [0.3, 0.4) is 0 Å². The van der Waals surface area contributed by atoms with Crippen molar-refractivity contribution < 1.29 is 4.74 Å². The molecule has 24 heavy (non-hydrogen) atoms. The van der Waals surface area contributed by atoms with E-state index >= 15 is 0 Å². The van der Waals surface area contributed by atoms with Gasteiger partial charge in [-0.05, 0) is 56.5 Å². The molecule has 2 saturated heterocycles. The van der Waals surface area contributed by atoms with Crippen molar-refractivity contribution in [2.75, 3.05) is 33.3 Å². The maximum absolute atomic E-state index is 9.89. The lowest BCUT2D eigenvalue weighted by atomic mass is 9.72. The number of rotatable bonds is 3. The Balaban J connectivity index is 1.79. The average molecular weight is 324 g/mol. The third-order valence-corrected chi connectivity index (χ3v) is 5.70. The summed E-state index contributed by atoms with van der Waals surface area (Å²) in [7, 11) is 1.65. The Morgan fingerprint density at radius 1 is 1.08 bits per heavy atom. The summed E-state index contributed by atoms with van der Waals surface area (Å²) in [6.45, 7) is 3.36. The molecule has 0 atom stereocenters. The first-order chi connectivity index (χ1) is 11.7. The summed E-state index contributed by atoms with van der Waals surface area (Å²) >= 11 is 0. The number of ether oxygens (including phenoxy) is 1. The van der Waals surface area contributed by atoms with E-state index in [9.17, 15) is 10.5 Å². The minimum Gasteiger partial charge on any atom is -0.497 e. The van der Waals surface area contributed by atoms with Gasteiger partial charge in [0.1, 0.15) is 11.3 Å². The predicted octanol–water partition coefficient (Wildman–Crippen LogP) is 2.20. The molecule has 0 bridgehead atoms. The molecule has 126 valence electrons. The van der Waals surface area contributed by atoms with Gasteiger partial charge in [0.2, 0.25) is 0 Å². The number of likely N-dealkylation sites (tertiary alicyclic amines) is 1. The molecule has 0 saturated carbocycles. The molecule has 0 aliphatic carbocycles. The first-order valence-corrected chi connectivity index (χ1v) is 8.61. The van der Waals surface area contributed by atoms with Gasteiger partial charge in [0.05, 0.1) is 24.7 Å². The predicted molar refractivity (Wildman–Crippen MR) is 91.5 cm³/mol. The van der Waals surface area contributed by atoms with Crippen LogP contribution < -0.4 is 10.1 Å². The second kappa shape index (κ2) is 6.81. The molecule has 0 spiro atoms. The summed E-state index contributed by atoms with van der Waals surface area (Å²) in [4.78, 5) is 2.31. The Hall–Kier alpha value is -2.08. The third-order valence-electron chi connectivity index (χ3n) is 5.70. The van der Waals surface area contributed by atoms with Gasteiger partial charge in [0.15, 0.2) is 0 Å². The number of benzene rings is 1. The molecule has 0 amide bonds. The number of piperidine rings is 2. The van der Waals surface area contributed by atoms with Crippen LogP contribution in [0.1, 0.15) is 31.2 Å². The lowest BCUT2D eigenvalue weighted by Gasteiger charge is -2.47. The monoisotopic (exact) mass is 324 g/mol. The van der Waals surface area contributed by atoms with Gasteiger partial charge in [-0.15, -0.1) is 0 Å². The van der Waals surface area contributed by atoms with Crippen molar-refractivity contribution in [3.63, 3.8) is 0 Å². The fourth-order valence-corrected chi connectivity index (χ4v) is 4.04. The molecule has 0 aromatic heterocycles. The highest BCUT2D eigenvalue weighted by Crippen LogP contribution is 2.39. The van der Waals surface area contributed by atoms with Crippen LogP contribution in [0.25, 0.3) is 0 Å². The van der Waals surface area contributed by atoms with E-state index in [-0.39, 0.29) is 5.54 Å². The molecule has 2 heterocycles. The Kier molecular flexibility index (Phi) is 4.76. The highest BCUT2D eigenvalue weighted by atomic mass is 16.5. The van der Waals surface area contributed by atoms with E-state index in [1.54, 1.807) is 7.11 Å². The SMILES string of the molecule is COc1cccc(C2(C#N)CCN(C3(C#N)CCNCC3)CC2)c1. The first-order valence-electron chi connectivity index (χ1n) is 8.61. The number of nitrogens with zero attached hydrogens (tertiary/aromatic N) is 3. The summed E-state index contributed by atoms with van der Waals surface area (Å²) in [6.07, 6.45) is 3.24. The second-order valence-electron chi connectivity index (χ2n) is 6.81. The van der Waals surface area contributed by atoms with Crippen molar-refractivity contribution >= 4 is 0 Å². The van der Waals surface area contributed by atoms with Crippen molar-refractivity contribution in [3.8, 4) is 17.9 Å². The Morgan fingerprint density at radius 3 is 2.38 bits per heavy atom. The van der Waals surface area contributed by atoms with Crippen LogP contribution >= 0.6 is 0 Å². The van der Waals surface area contributed by atoms with Gasteiger partial charge in [-0.1, -0.05) is 12.1 Å². The molecular formula is C19H24N4O. The van der Waals surface area contributed by atoms with Gasteiger partial charge in [-0.25, -0.2) is 0 Å². The highest BCUT2D eigenvalue weighted by Gasteiger charge is 2.44. The lowest BCUT2D eigenvalue weighted by Crippen LogP contribution is -2.57. The summed E-state index contributed by atoms with van der Waals surface area (Å²) < 4.78 is 5.32. The Labute approximate surface area is 143 Å². The van der Waals surface area contributed by atoms with Gasteiger partial charge in [0.25, 0.3) is 0 Å². The quantitative estimate of drug-likeness (QED) is 0.923. The Bertz CT molecular complexity index is 659. The summed E-state index contributed by atoms with van der Waals surface area (Å²) in [5.41, 5.74) is 0.191. The summed E-state index contributed by atoms with van der Waals surface area (Å²) in [5.74, 6) is 0.788. The molecule has 2 fully saturated rings. The Morgan fingerprint density at radius 2 is 1.79 bits per heavy atom. The first kappa shape index (κ1) is 16.8. The van der Waals surface area contributed by atoms with E-state index in [2.05, 4.69) is 22.4 Å². The topological polar surface area (TPSA) is 72.1 Å². The molecular weight excluding hydrogens is 300 g/mol. The second-order valence-corrected chi connectivity index (χ2v) is 6.81. The molecule has 5 heteroatoms. The average Bonchev–Trinajstić information content (AvgIpc) is 2.68. The molecule has 3 rings (SSSR count). The van der Waals surface area contributed by atoms with Crippen molar-refractivity contribution in [2.45, 2.75) is 36.6 Å². The smallest absolute Gasteiger partial charge is 0.119 e. The zero-order chi connectivity index (χ0) is 17.0. The molecule has 1 aromatic carbocycles. The number of hydrogen-bond acceptors (Lipinski definition) is 5. The van der Waals surface area contributed by atoms with Gasteiger partial charge in [-0.3, -0.25) is 4.90 Å². The molecule has 1 N–H and O–H groups in total. The van der Waals surface area contributed by atoms with E-state index < -0.39 is 5.41 Å². The van der Waals surface area contributed by atoms with E-state index in [4.69, 9.17) is 4.74 Å². The molecule has 5 nitrogen and oxygen atoms in total. The van der Waals surface area contributed by atoms with E-state index in [1.807, 2.05) is 24.3 Å². The minimum atomic E-state index is -0.478. The van der Waals surface area contributed by atoms with Crippen molar-refractivity contribution in [1.82, 2.24) is 10.2 Å². The van der Waals surface area contributed by atoms with Crippen molar-refractivity contribution in [2.24, 2.45) is 0 Å². The van der Waals surface area contributed by atoms with E-state index in [0.717, 1.165) is 63.2 Å². The maximum atomic E-state index is 9.89. The maximum Gasteiger partial charge on any atom is 0.119 e. The van der Waals surface area contributed by atoms with Crippen LogP contribution in [-0.4, -0.2) is 43.7 Å². The number of hydrogen-bond donors (Lipinski definition) is 1. The molecule has 2 aliphatic rings. The largest absolute Gasteiger partial charge is 0.497 e. The van der Waals surface area contributed by atoms with Gasteiger partial charge in [0, 0.05) is 13.1 Å². The summed E-state index contributed by atoms with van der Waals surface area (Å²) in [5, 5.41) is 23.0. The molecule has 2 aliphatic heterocycles. The molecule has 0 radical (unpaired) electrons. The van der Waals surface area contributed by atoms with Crippen LogP contribution in [0, 0.1) is 22.7 Å². The number of methoxy groups -OCH3 is 1. The molecule has 1 aromatic rings. The zero-order valence-electron chi connectivity index (χ0n) is 14.2. The van der Waals surface area contributed by atoms with Gasteiger partial charge in [-0.2, -0.15) is 10.5 Å². The van der Waals surface area contributed by atoms with Crippen LogP contribution in [0.5, 0.6) is 5.75 Å². The van der Waals surface area contributed by atoms with E-state index in [1.165, 1.54) is 0 Å². The van der Waals surface area contributed by atoms with Gasteiger partial charge >= 0.3 is 0 Å². The standard InChI is InChI=1S/C19H24N4O/c1-24-17-4-2-3-16(13-17)18(14-20)7-11-23(12-8-18)19(15-21)5-9-22-10-6-19/h2-4,13,22H,5-12H2,1H3. The highest BCUT2D eigenvalue weighted by molar-refractivity contribution is 5.39. The number of nitrogens with one attached hydrogen (secondary N) is 1. The third kappa shape index (κ3) is 2.86. The fourth-order valence-electron chi connectivity index (χ4n) is 4.04. The van der Waals surface area contributed by atoms with Crippen molar-refractivity contribution in [3.05, 3.63) is 29.8 Å². The van der Waals surface area contributed by atoms with Crippen LogP contribution in [0.4, 0.5) is 0 Å². The fraction of sp³-hybridized carbons (Fsp3) is 0.579. The van der Waals surface area contributed by atoms with Crippen molar-refractivity contribution in [1.29, 1.82) is 10.5 Å². The van der Waals surface area contributed by atoms with Crippen LogP contribution in [0.15, 0.2) is 24.3 Å². The minimum absolute atomic E-state index is 0.360. The normalized spacial score (nSPS) is 23.0. The van der Waals surface area contributed by atoms with E-state index in [0.29, 0.717) is 0 Å². The van der Waals surface area contributed by atoms with Crippen LogP contribution in [-0.2, 0) is 5.41 Å².